The lowest BCUT2D eigenvalue weighted by Crippen LogP contribution is -2.00. The van der Waals surface area contributed by atoms with Crippen LogP contribution in [0.2, 0.25) is 10.0 Å². The van der Waals surface area contributed by atoms with E-state index < -0.39 is 5.63 Å². The highest BCUT2D eigenvalue weighted by Crippen LogP contribution is 2.31. The molecule has 0 aliphatic carbocycles. The molecule has 0 aliphatic rings. The molecule has 28 heavy (non-hydrogen) atoms. The van der Waals surface area contributed by atoms with Crippen molar-refractivity contribution >= 4 is 45.9 Å². The molecule has 4 aromatic rings. The summed E-state index contributed by atoms with van der Waals surface area (Å²) in [4.78, 5) is 11.9. The van der Waals surface area contributed by atoms with E-state index in [-0.39, 0.29) is 0 Å². The third kappa shape index (κ3) is 3.94. The van der Waals surface area contributed by atoms with Gasteiger partial charge in [0.15, 0.2) is 0 Å². The number of thioether (sulfide) groups is 1. The summed E-state index contributed by atoms with van der Waals surface area (Å²) in [5.74, 6) is 0.874. The molecule has 0 unspecified atom stereocenters. The molecule has 0 spiro atoms. The highest BCUT2D eigenvalue weighted by Gasteiger charge is 2.13. The Bertz CT molecular complexity index is 1200. The predicted octanol–water partition coefficient (Wildman–Crippen LogP) is 6.00. The first-order valence-corrected chi connectivity index (χ1v) is 10.2. The minimum Gasteiger partial charge on any atom is -0.423 e. The summed E-state index contributed by atoms with van der Waals surface area (Å²) < 4.78 is 11.0. The van der Waals surface area contributed by atoms with Gasteiger partial charge < -0.3 is 8.83 Å². The monoisotopic (exact) mass is 432 g/mol. The SMILES string of the molecule is CCc1cc2oc(=O)cc(CSc3nnc(-c4ccc(Cl)cc4)o3)c2cc1Cl. The average molecular weight is 433 g/mol. The highest BCUT2D eigenvalue weighted by molar-refractivity contribution is 7.98. The molecule has 0 bridgehead atoms. The van der Waals surface area contributed by atoms with Crippen molar-refractivity contribution in [2.24, 2.45) is 0 Å². The number of nitrogens with zero attached hydrogens (tertiary/aromatic N) is 2. The first kappa shape index (κ1) is 19.1. The smallest absolute Gasteiger partial charge is 0.336 e. The van der Waals surface area contributed by atoms with Crippen LogP contribution in [0.1, 0.15) is 18.1 Å². The molecular formula is C20H14Cl2N2O3S. The highest BCUT2D eigenvalue weighted by atomic mass is 35.5. The number of benzene rings is 2. The summed E-state index contributed by atoms with van der Waals surface area (Å²) in [6.07, 6.45) is 0.757. The number of aromatic nitrogens is 2. The fraction of sp³-hybridized carbons (Fsp3) is 0.150. The first-order valence-electron chi connectivity index (χ1n) is 8.51. The number of aryl methyl sites for hydroxylation is 1. The number of halogens is 2. The van der Waals surface area contributed by atoms with Crippen LogP contribution < -0.4 is 5.63 Å². The van der Waals surface area contributed by atoms with Crippen molar-refractivity contribution in [1.29, 1.82) is 0 Å². The minimum absolute atomic E-state index is 0.403. The fourth-order valence-corrected chi connectivity index (χ4v) is 3.97. The molecule has 2 aromatic heterocycles. The molecule has 0 saturated carbocycles. The Labute approximate surface area is 174 Å². The van der Waals surface area contributed by atoms with Gasteiger partial charge in [0.2, 0.25) is 5.89 Å². The molecule has 4 rings (SSSR count). The van der Waals surface area contributed by atoms with Gasteiger partial charge in [0.05, 0.1) is 0 Å². The Balaban J connectivity index is 1.60. The molecule has 2 heterocycles. The van der Waals surface area contributed by atoms with E-state index in [4.69, 9.17) is 32.0 Å². The molecule has 0 amide bonds. The summed E-state index contributed by atoms with van der Waals surface area (Å²) in [5, 5.41) is 10.6. The third-order valence-corrected chi connectivity index (χ3v) is 5.70. The maximum absolute atomic E-state index is 11.9. The van der Waals surface area contributed by atoms with Crippen LogP contribution in [0, 0.1) is 0 Å². The van der Waals surface area contributed by atoms with Gasteiger partial charge in [-0.1, -0.05) is 41.9 Å². The van der Waals surface area contributed by atoms with Crippen molar-refractivity contribution in [3.05, 3.63) is 74.1 Å². The van der Waals surface area contributed by atoms with Gasteiger partial charge in [-0.15, -0.1) is 10.2 Å². The number of hydrogen-bond acceptors (Lipinski definition) is 6. The summed E-state index contributed by atoms with van der Waals surface area (Å²) in [6, 6.07) is 12.3. The van der Waals surface area contributed by atoms with Crippen LogP contribution in [-0.2, 0) is 12.2 Å². The summed E-state index contributed by atoms with van der Waals surface area (Å²) in [6.45, 7) is 2.00. The van der Waals surface area contributed by atoms with Crippen molar-refractivity contribution in [1.82, 2.24) is 10.2 Å². The third-order valence-electron chi connectivity index (χ3n) is 4.23. The minimum atomic E-state index is -0.403. The molecule has 0 N–H and O–H groups in total. The van der Waals surface area contributed by atoms with E-state index in [9.17, 15) is 4.79 Å². The van der Waals surface area contributed by atoms with Crippen LogP contribution in [0.3, 0.4) is 0 Å². The number of fused-ring (bicyclic) bond motifs is 1. The average Bonchev–Trinajstić information content (AvgIpc) is 3.15. The Morgan fingerprint density at radius 2 is 1.79 bits per heavy atom. The standard InChI is InChI=1S/C20H14Cl2N2O3S/c1-2-11-7-17-15(9-16(11)22)13(8-18(25)26-17)10-28-20-24-23-19(27-20)12-3-5-14(21)6-4-12/h3-9H,2,10H2,1H3. The van der Waals surface area contributed by atoms with Crippen LogP contribution >= 0.6 is 35.0 Å². The molecule has 0 radical (unpaired) electrons. The van der Waals surface area contributed by atoms with Crippen LogP contribution in [0.15, 0.2) is 61.3 Å². The number of hydrogen-bond donors (Lipinski definition) is 0. The van der Waals surface area contributed by atoms with Crippen molar-refractivity contribution < 1.29 is 8.83 Å². The normalized spacial score (nSPS) is 11.2. The zero-order valence-corrected chi connectivity index (χ0v) is 17.1. The van der Waals surface area contributed by atoms with E-state index in [0.29, 0.717) is 32.5 Å². The zero-order valence-electron chi connectivity index (χ0n) is 14.7. The van der Waals surface area contributed by atoms with Gasteiger partial charge in [0.1, 0.15) is 5.58 Å². The van der Waals surface area contributed by atoms with E-state index in [0.717, 1.165) is 28.5 Å². The van der Waals surface area contributed by atoms with Crippen LogP contribution in [0.25, 0.3) is 22.4 Å². The fourth-order valence-electron chi connectivity index (χ4n) is 2.80. The molecule has 5 nitrogen and oxygen atoms in total. The predicted molar refractivity (Wildman–Crippen MR) is 111 cm³/mol. The Hall–Kier alpha value is -2.28. The van der Waals surface area contributed by atoms with Crippen molar-refractivity contribution in [3.63, 3.8) is 0 Å². The Morgan fingerprint density at radius 3 is 2.54 bits per heavy atom. The van der Waals surface area contributed by atoms with Crippen molar-refractivity contribution in [2.75, 3.05) is 0 Å². The lowest BCUT2D eigenvalue weighted by molar-refractivity contribution is 0.466. The quantitative estimate of drug-likeness (QED) is 0.284. The lowest BCUT2D eigenvalue weighted by atomic mass is 10.1. The Morgan fingerprint density at radius 1 is 1.00 bits per heavy atom. The van der Waals surface area contributed by atoms with Gasteiger partial charge in [-0.2, -0.15) is 0 Å². The molecular weight excluding hydrogens is 419 g/mol. The van der Waals surface area contributed by atoms with Crippen molar-refractivity contribution in [3.8, 4) is 11.5 Å². The van der Waals surface area contributed by atoms with E-state index in [1.807, 2.05) is 31.2 Å². The van der Waals surface area contributed by atoms with E-state index in [1.54, 1.807) is 12.1 Å². The molecule has 0 aliphatic heterocycles. The van der Waals surface area contributed by atoms with Crippen LogP contribution in [-0.4, -0.2) is 10.2 Å². The largest absolute Gasteiger partial charge is 0.423 e. The Kier molecular flexibility index (Phi) is 5.44. The second-order valence-electron chi connectivity index (χ2n) is 6.05. The lowest BCUT2D eigenvalue weighted by Gasteiger charge is -2.07. The van der Waals surface area contributed by atoms with Crippen molar-refractivity contribution in [2.45, 2.75) is 24.3 Å². The van der Waals surface area contributed by atoms with E-state index >= 15 is 0 Å². The van der Waals surface area contributed by atoms with Gasteiger partial charge in [0, 0.05) is 32.8 Å². The number of rotatable bonds is 5. The van der Waals surface area contributed by atoms with E-state index in [2.05, 4.69) is 10.2 Å². The van der Waals surface area contributed by atoms with Gasteiger partial charge in [0.25, 0.3) is 5.22 Å². The maximum atomic E-state index is 11.9. The first-order chi connectivity index (χ1) is 13.5. The molecule has 142 valence electrons. The van der Waals surface area contributed by atoms with E-state index in [1.165, 1.54) is 17.8 Å². The summed E-state index contributed by atoms with van der Waals surface area (Å²) >= 11 is 13.6. The second kappa shape index (κ2) is 7.99. The summed E-state index contributed by atoms with van der Waals surface area (Å²) in [5.41, 5.74) is 2.64. The second-order valence-corrected chi connectivity index (χ2v) is 7.82. The van der Waals surface area contributed by atoms with Gasteiger partial charge >= 0.3 is 5.63 Å². The van der Waals surface area contributed by atoms with Crippen LogP contribution in [0.5, 0.6) is 0 Å². The maximum Gasteiger partial charge on any atom is 0.336 e. The van der Waals surface area contributed by atoms with Gasteiger partial charge in [-0.3, -0.25) is 0 Å². The molecule has 2 aromatic carbocycles. The van der Waals surface area contributed by atoms with Gasteiger partial charge in [-0.25, -0.2) is 4.79 Å². The van der Waals surface area contributed by atoms with Gasteiger partial charge in [-0.05, 0) is 53.9 Å². The topological polar surface area (TPSA) is 69.1 Å². The molecule has 0 fully saturated rings. The summed E-state index contributed by atoms with van der Waals surface area (Å²) in [7, 11) is 0. The zero-order chi connectivity index (χ0) is 19.7. The molecule has 0 atom stereocenters. The molecule has 0 saturated heterocycles. The van der Waals surface area contributed by atoms with Crippen LogP contribution in [0.4, 0.5) is 0 Å². The molecule has 8 heteroatoms.